The smallest absolute Gasteiger partial charge is 0.0784 e. The third kappa shape index (κ3) is 4.81. The predicted octanol–water partition coefficient (Wildman–Crippen LogP) is 6.69. The number of rotatable bonds is 3. The summed E-state index contributed by atoms with van der Waals surface area (Å²) in [5.74, 6) is 0. The first-order valence-electron chi connectivity index (χ1n) is 5.28. The highest BCUT2D eigenvalue weighted by Crippen LogP contribution is 2.45. The summed E-state index contributed by atoms with van der Waals surface area (Å²) in [5, 5.41) is 0. The van der Waals surface area contributed by atoms with Crippen molar-refractivity contribution in [3.05, 3.63) is 41.3 Å². The molecule has 0 spiro atoms. The van der Waals surface area contributed by atoms with E-state index in [0.717, 1.165) is 18.4 Å². The first kappa shape index (κ1) is 17.0. The maximum absolute atomic E-state index is 5.95. The molecule has 0 amide bonds. The molecule has 0 aliphatic carbocycles. The summed E-state index contributed by atoms with van der Waals surface area (Å²) < 4.78 is -3.08. The van der Waals surface area contributed by atoms with Crippen LogP contribution < -0.4 is 0 Å². The van der Waals surface area contributed by atoms with Crippen molar-refractivity contribution in [2.75, 3.05) is 0 Å². The van der Waals surface area contributed by atoms with E-state index in [1.165, 1.54) is 0 Å². The number of hydrogen-bond donors (Lipinski definition) is 0. The Kier molecular flexibility index (Phi) is 6.25. The molecule has 0 nitrogen and oxygen atoms in total. The van der Waals surface area contributed by atoms with Gasteiger partial charge in [0, 0.05) is 11.1 Å². The van der Waals surface area contributed by atoms with Crippen LogP contribution in [-0.2, 0) is 7.59 Å². The number of benzene rings is 1. The van der Waals surface area contributed by atoms with Gasteiger partial charge in [0.1, 0.15) is 0 Å². The Balaban J connectivity index is 3.21. The monoisotopic (exact) mass is 365 g/mol. The molecule has 0 aromatic heterocycles. The van der Waals surface area contributed by atoms with Crippen LogP contribution in [0.5, 0.6) is 0 Å². The molecule has 1 rings (SSSR count). The van der Waals surface area contributed by atoms with Gasteiger partial charge in [-0.25, -0.2) is 0 Å². The lowest BCUT2D eigenvalue weighted by atomic mass is 10.0. The van der Waals surface area contributed by atoms with Gasteiger partial charge in [0.2, 0.25) is 7.59 Å². The van der Waals surface area contributed by atoms with Crippen molar-refractivity contribution in [2.24, 2.45) is 0 Å². The molecule has 6 heteroatoms. The van der Waals surface area contributed by atoms with Gasteiger partial charge in [-0.05, 0) is 24.5 Å². The lowest BCUT2D eigenvalue weighted by Crippen LogP contribution is -2.09. The van der Waals surface area contributed by atoms with Gasteiger partial charge in [-0.2, -0.15) is 0 Å². The highest BCUT2D eigenvalue weighted by molar-refractivity contribution is 6.67. The second-order valence-electron chi connectivity index (χ2n) is 3.79. The highest BCUT2D eigenvalue weighted by atomic mass is 35.6. The number of unbranched alkanes of at least 4 members (excludes halogenated alkanes) is 1. The largest absolute Gasteiger partial charge is 0.216 e. The SMILES string of the molecule is CCC[CH]c1ccc(C(Cl)(Cl)Cl)cc1C(Cl)(Cl)Cl. The lowest BCUT2D eigenvalue weighted by Gasteiger charge is -2.20. The van der Waals surface area contributed by atoms with E-state index in [1.54, 1.807) is 18.2 Å². The molecule has 101 valence electrons. The van der Waals surface area contributed by atoms with Crippen LogP contribution in [0.4, 0.5) is 0 Å². The normalized spacial score (nSPS) is 12.8. The quantitative estimate of drug-likeness (QED) is 0.522. The number of halogens is 6. The molecular weight excluding hydrogens is 357 g/mol. The fourth-order valence-corrected chi connectivity index (χ4v) is 2.30. The van der Waals surface area contributed by atoms with Crippen molar-refractivity contribution < 1.29 is 0 Å². The number of hydrogen-bond acceptors (Lipinski definition) is 0. The summed E-state index contributed by atoms with van der Waals surface area (Å²) in [7, 11) is 0. The Morgan fingerprint density at radius 1 is 1.00 bits per heavy atom. The summed E-state index contributed by atoms with van der Waals surface area (Å²) in [6.07, 6.45) is 3.89. The van der Waals surface area contributed by atoms with Gasteiger partial charge in [-0.1, -0.05) is 95.1 Å². The van der Waals surface area contributed by atoms with Gasteiger partial charge in [-0.15, -0.1) is 0 Å². The molecule has 0 saturated carbocycles. The molecule has 0 heterocycles. The van der Waals surface area contributed by atoms with E-state index in [-0.39, 0.29) is 0 Å². The minimum Gasteiger partial charge on any atom is -0.0784 e. The molecule has 18 heavy (non-hydrogen) atoms. The third-order valence-corrected chi connectivity index (χ3v) is 3.60. The fraction of sp³-hybridized carbons (Fsp3) is 0.417. The Bertz CT molecular complexity index is 402. The van der Waals surface area contributed by atoms with Gasteiger partial charge >= 0.3 is 0 Å². The van der Waals surface area contributed by atoms with E-state index >= 15 is 0 Å². The zero-order chi connectivity index (χ0) is 14.0. The summed E-state index contributed by atoms with van der Waals surface area (Å²) >= 11 is 35.3. The van der Waals surface area contributed by atoms with E-state index in [4.69, 9.17) is 69.6 Å². The molecule has 0 bridgehead atoms. The van der Waals surface area contributed by atoms with Gasteiger partial charge in [0.25, 0.3) is 0 Å². The summed E-state index contributed by atoms with van der Waals surface area (Å²) in [6, 6.07) is 5.12. The lowest BCUT2D eigenvalue weighted by molar-refractivity contribution is 0.907. The number of alkyl halides is 6. The van der Waals surface area contributed by atoms with Crippen LogP contribution in [0.2, 0.25) is 0 Å². The molecular formula is C12H11Cl6. The van der Waals surface area contributed by atoms with Crippen molar-refractivity contribution in [3.8, 4) is 0 Å². The van der Waals surface area contributed by atoms with Crippen molar-refractivity contribution in [2.45, 2.75) is 27.4 Å². The summed E-state index contributed by atoms with van der Waals surface area (Å²) in [6.45, 7) is 2.07. The standard InChI is InChI=1S/C12H11Cl6/c1-2-3-4-8-5-6-9(11(13,14)15)7-10(8)12(16,17)18/h4-7H,2-3H2,1H3. The maximum Gasteiger partial charge on any atom is 0.216 e. The maximum atomic E-state index is 5.95. The van der Waals surface area contributed by atoms with Crippen molar-refractivity contribution >= 4 is 69.6 Å². The minimum atomic E-state index is -1.55. The second-order valence-corrected chi connectivity index (χ2v) is 8.35. The van der Waals surface area contributed by atoms with Crippen LogP contribution in [0, 0.1) is 6.42 Å². The van der Waals surface area contributed by atoms with Gasteiger partial charge in [-0.3, -0.25) is 0 Å². The first-order valence-corrected chi connectivity index (χ1v) is 7.54. The average molecular weight is 368 g/mol. The van der Waals surface area contributed by atoms with E-state index in [9.17, 15) is 0 Å². The zero-order valence-corrected chi connectivity index (χ0v) is 14.0. The Morgan fingerprint density at radius 3 is 2.06 bits per heavy atom. The van der Waals surface area contributed by atoms with Crippen molar-refractivity contribution in [3.63, 3.8) is 0 Å². The molecule has 1 radical (unpaired) electrons. The van der Waals surface area contributed by atoms with E-state index in [2.05, 4.69) is 6.92 Å². The van der Waals surface area contributed by atoms with Gasteiger partial charge in [0.15, 0.2) is 0 Å². The Hall–Kier alpha value is 0.960. The summed E-state index contributed by atoms with van der Waals surface area (Å²) in [5.41, 5.74) is 1.84. The molecule has 1 aromatic carbocycles. The van der Waals surface area contributed by atoms with E-state index < -0.39 is 7.59 Å². The Labute approximate surface area is 137 Å². The molecule has 0 saturated heterocycles. The molecule has 0 unspecified atom stereocenters. The molecule has 0 aliphatic rings. The van der Waals surface area contributed by atoms with Crippen LogP contribution >= 0.6 is 69.6 Å². The zero-order valence-electron chi connectivity index (χ0n) is 9.49. The van der Waals surface area contributed by atoms with Gasteiger partial charge < -0.3 is 0 Å². The molecule has 0 fully saturated rings. The van der Waals surface area contributed by atoms with Crippen molar-refractivity contribution in [1.29, 1.82) is 0 Å². The average Bonchev–Trinajstić information content (AvgIpc) is 2.23. The molecule has 0 atom stereocenters. The van der Waals surface area contributed by atoms with Gasteiger partial charge in [0.05, 0.1) is 0 Å². The molecule has 0 aliphatic heterocycles. The van der Waals surface area contributed by atoms with E-state index in [1.807, 2.05) is 6.42 Å². The van der Waals surface area contributed by atoms with Crippen LogP contribution in [0.15, 0.2) is 18.2 Å². The molecule has 0 N–H and O–H groups in total. The highest BCUT2D eigenvalue weighted by Gasteiger charge is 2.30. The summed E-state index contributed by atoms with van der Waals surface area (Å²) in [4.78, 5) is 0. The Morgan fingerprint density at radius 2 is 1.61 bits per heavy atom. The van der Waals surface area contributed by atoms with E-state index in [0.29, 0.717) is 11.1 Å². The van der Waals surface area contributed by atoms with Crippen LogP contribution in [0.3, 0.4) is 0 Å². The van der Waals surface area contributed by atoms with Crippen LogP contribution in [0.25, 0.3) is 0 Å². The third-order valence-electron chi connectivity index (χ3n) is 2.34. The molecule has 1 aromatic rings. The van der Waals surface area contributed by atoms with Crippen molar-refractivity contribution in [1.82, 2.24) is 0 Å². The van der Waals surface area contributed by atoms with Crippen LogP contribution in [0.1, 0.15) is 36.5 Å². The minimum absolute atomic E-state index is 0.475. The fourth-order valence-electron chi connectivity index (χ4n) is 1.46. The first-order chi connectivity index (χ1) is 8.16. The topological polar surface area (TPSA) is 0 Å². The van der Waals surface area contributed by atoms with Crippen LogP contribution in [-0.4, -0.2) is 0 Å². The predicted molar refractivity (Wildman–Crippen MR) is 83.2 cm³/mol. The second kappa shape index (κ2) is 6.61.